The minimum Gasteiger partial charge on any atom is -0.350 e. The number of non-ortho nitro benzene ring substituents is 1. The number of hydrogen-bond acceptors (Lipinski definition) is 7. The van der Waals surface area contributed by atoms with E-state index in [9.17, 15) is 30.3 Å². The summed E-state index contributed by atoms with van der Waals surface area (Å²) in [5.74, 6) is 0. The van der Waals surface area contributed by atoms with Gasteiger partial charge in [-0.3, -0.25) is 30.3 Å². The Morgan fingerprint density at radius 1 is 0.792 bits per heavy atom. The van der Waals surface area contributed by atoms with Crippen molar-refractivity contribution in [3.05, 3.63) is 42.5 Å². The third kappa shape index (κ3) is 2.74. The van der Waals surface area contributed by atoms with Gasteiger partial charge in [0.05, 0.1) is 39.0 Å². The first kappa shape index (κ1) is 16.1. The zero-order valence-electron chi connectivity index (χ0n) is 12.8. The van der Waals surface area contributed by atoms with Gasteiger partial charge < -0.3 is 4.90 Å². The summed E-state index contributed by atoms with van der Waals surface area (Å²) in [5.41, 5.74) is -1.87. The average molecular weight is 336 g/mol. The van der Waals surface area contributed by atoms with Crippen molar-refractivity contribution in [2.75, 3.05) is 4.90 Å². The van der Waals surface area contributed by atoms with E-state index in [0.717, 1.165) is 50.7 Å². The predicted octanol–water partition coefficient (Wildman–Crippen LogP) is 3.32. The van der Waals surface area contributed by atoms with Crippen molar-refractivity contribution in [3.63, 3.8) is 0 Å². The molecule has 128 valence electrons. The molecule has 0 spiro atoms. The molecule has 0 N–H and O–H groups in total. The van der Waals surface area contributed by atoms with Crippen LogP contribution in [-0.4, -0.2) is 26.9 Å². The highest BCUT2D eigenvalue weighted by atomic mass is 16.6. The largest absolute Gasteiger partial charge is 0.350 e. The molecule has 2 fully saturated rings. The van der Waals surface area contributed by atoms with Gasteiger partial charge in [-0.2, -0.15) is 0 Å². The number of nitrogens with zero attached hydrogens (tertiary/aromatic N) is 4. The van der Waals surface area contributed by atoms with Crippen LogP contribution < -0.4 is 4.90 Å². The van der Waals surface area contributed by atoms with Crippen LogP contribution in [0.1, 0.15) is 38.5 Å². The maximum Gasteiger partial charge on any atom is 0.306 e. The molecular weight excluding hydrogens is 320 g/mol. The number of hydrogen-bond donors (Lipinski definition) is 0. The lowest BCUT2D eigenvalue weighted by Gasteiger charge is -2.08. The van der Waals surface area contributed by atoms with Crippen molar-refractivity contribution < 1.29 is 14.8 Å². The predicted molar refractivity (Wildman–Crippen MR) is 84.2 cm³/mol. The van der Waals surface area contributed by atoms with E-state index in [1.165, 1.54) is 0 Å². The molecule has 2 atom stereocenters. The molecule has 10 nitrogen and oxygen atoms in total. The topological polar surface area (TPSA) is 132 Å². The molecule has 1 saturated heterocycles. The molecule has 0 bridgehead atoms. The number of nitro benzene ring substituents is 3. The molecule has 2 aliphatic rings. The lowest BCUT2D eigenvalue weighted by atomic mass is 10.0. The van der Waals surface area contributed by atoms with Crippen LogP contribution in [0.4, 0.5) is 22.7 Å². The molecule has 0 radical (unpaired) electrons. The van der Waals surface area contributed by atoms with E-state index >= 15 is 0 Å². The smallest absolute Gasteiger partial charge is 0.306 e. The summed E-state index contributed by atoms with van der Waals surface area (Å²) < 4.78 is 0. The van der Waals surface area contributed by atoms with Crippen LogP contribution in [0.5, 0.6) is 0 Å². The second-order valence-corrected chi connectivity index (χ2v) is 6.14. The van der Waals surface area contributed by atoms with Crippen molar-refractivity contribution >= 4 is 22.7 Å². The lowest BCUT2D eigenvalue weighted by Crippen LogP contribution is -2.08. The molecule has 1 saturated carbocycles. The van der Waals surface area contributed by atoms with Crippen molar-refractivity contribution in [2.24, 2.45) is 0 Å². The van der Waals surface area contributed by atoms with Crippen molar-refractivity contribution in [2.45, 2.75) is 50.6 Å². The Kier molecular flexibility index (Phi) is 4.04. The van der Waals surface area contributed by atoms with Gasteiger partial charge in [0.15, 0.2) is 5.69 Å². The van der Waals surface area contributed by atoms with Crippen molar-refractivity contribution in [3.8, 4) is 0 Å². The summed E-state index contributed by atoms with van der Waals surface area (Å²) in [5, 5.41) is 33.7. The van der Waals surface area contributed by atoms with E-state index in [-0.39, 0.29) is 17.8 Å². The van der Waals surface area contributed by atoms with Crippen LogP contribution in [0, 0.1) is 30.3 Å². The number of fused-ring (bicyclic) bond motifs is 1. The Morgan fingerprint density at radius 2 is 1.25 bits per heavy atom. The van der Waals surface area contributed by atoms with E-state index in [4.69, 9.17) is 0 Å². The molecule has 0 unspecified atom stereocenters. The number of anilines is 1. The fraction of sp³-hybridized carbons (Fsp3) is 0.571. The highest BCUT2D eigenvalue weighted by Crippen LogP contribution is 2.51. The second-order valence-electron chi connectivity index (χ2n) is 6.14. The van der Waals surface area contributed by atoms with E-state index < -0.39 is 31.8 Å². The van der Waals surface area contributed by atoms with Crippen LogP contribution >= 0.6 is 0 Å². The minimum atomic E-state index is -0.852. The molecule has 0 amide bonds. The summed E-state index contributed by atoms with van der Waals surface area (Å²) in [7, 11) is 0. The number of benzene rings is 1. The van der Waals surface area contributed by atoms with Gasteiger partial charge >= 0.3 is 11.4 Å². The second kappa shape index (κ2) is 6.02. The molecule has 0 aromatic heterocycles. The third-order valence-corrected chi connectivity index (χ3v) is 4.74. The Morgan fingerprint density at radius 3 is 1.62 bits per heavy atom. The van der Waals surface area contributed by atoms with Crippen molar-refractivity contribution in [1.82, 2.24) is 0 Å². The summed E-state index contributed by atoms with van der Waals surface area (Å²) in [6, 6.07) is 1.72. The molecule has 10 heteroatoms. The molecule has 1 aromatic rings. The van der Waals surface area contributed by atoms with Gasteiger partial charge in [-0.25, -0.2) is 0 Å². The number of rotatable bonds is 4. The highest BCUT2D eigenvalue weighted by molar-refractivity contribution is 5.81. The van der Waals surface area contributed by atoms with Gasteiger partial charge in [-0.15, -0.1) is 0 Å². The normalized spacial score (nSPS) is 22.9. The average Bonchev–Trinajstić information content (AvgIpc) is 3.15. The van der Waals surface area contributed by atoms with E-state index in [0.29, 0.717) is 0 Å². The van der Waals surface area contributed by atoms with Crippen LogP contribution in [0.3, 0.4) is 0 Å². The fourth-order valence-corrected chi connectivity index (χ4v) is 3.63. The van der Waals surface area contributed by atoms with E-state index in [1.807, 2.05) is 0 Å². The Labute approximate surface area is 136 Å². The van der Waals surface area contributed by atoms with E-state index in [1.54, 1.807) is 4.90 Å². The van der Waals surface area contributed by atoms with Gasteiger partial charge in [0.25, 0.3) is 5.69 Å². The fourth-order valence-electron chi connectivity index (χ4n) is 3.63. The first-order valence-corrected chi connectivity index (χ1v) is 7.81. The molecule has 1 aliphatic carbocycles. The maximum absolute atomic E-state index is 11.4. The third-order valence-electron chi connectivity index (χ3n) is 4.74. The summed E-state index contributed by atoms with van der Waals surface area (Å²) in [6.07, 6.45) is 5.79. The molecule has 1 aliphatic heterocycles. The quantitative estimate of drug-likeness (QED) is 0.468. The lowest BCUT2D eigenvalue weighted by molar-refractivity contribution is -0.402. The van der Waals surface area contributed by atoms with Crippen LogP contribution in [0.15, 0.2) is 12.1 Å². The van der Waals surface area contributed by atoms with Gasteiger partial charge in [0.2, 0.25) is 0 Å². The first-order valence-electron chi connectivity index (χ1n) is 7.81. The van der Waals surface area contributed by atoms with Gasteiger partial charge in [0, 0.05) is 0 Å². The zero-order valence-corrected chi connectivity index (χ0v) is 12.8. The molecular formula is C14H16N4O6. The summed E-state index contributed by atoms with van der Waals surface area (Å²) >= 11 is 0. The van der Waals surface area contributed by atoms with Crippen LogP contribution in [0.25, 0.3) is 0 Å². The Balaban J connectivity index is 2.10. The monoisotopic (exact) mass is 336 g/mol. The summed E-state index contributed by atoms with van der Waals surface area (Å²) in [4.78, 5) is 33.0. The molecule has 1 aromatic carbocycles. The molecule has 24 heavy (non-hydrogen) atoms. The minimum absolute atomic E-state index is 0.0455. The molecule has 3 rings (SSSR count). The first-order chi connectivity index (χ1) is 11.4. The highest BCUT2D eigenvalue weighted by Gasteiger charge is 2.52. The van der Waals surface area contributed by atoms with Gasteiger partial charge in [0.1, 0.15) is 0 Å². The Hall–Kier alpha value is -2.78. The van der Waals surface area contributed by atoms with Gasteiger partial charge in [-0.05, 0) is 12.8 Å². The van der Waals surface area contributed by atoms with E-state index in [2.05, 4.69) is 0 Å². The SMILES string of the molecule is O=[N+]([O-])c1cc([N+](=O)[O-])c(N2[C@@H]3CCCCCC[C@H]32)c([N+](=O)[O-])c1. The number of nitro groups is 3. The summed E-state index contributed by atoms with van der Waals surface area (Å²) in [6.45, 7) is 0. The molecule has 1 heterocycles. The zero-order chi connectivity index (χ0) is 17.4. The Bertz CT molecular complexity index is 672. The van der Waals surface area contributed by atoms with Crippen LogP contribution in [-0.2, 0) is 0 Å². The van der Waals surface area contributed by atoms with Crippen LogP contribution in [0.2, 0.25) is 0 Å². The standard InChI is InChI=1S/C14H16N4O6/c19-16(20)9-7-12(17(21)22)14(13(8-9)18(23)24)15-10-5-3-1-2-4-6-11(10)15/h7-8,10-11H,1-6H2/t10-,11-/m1/s1. The van der Waals surface area contributed by atoms with Gasteiger partial charge in [-0.1, -0.05) is 25.7 Å². The maximum atomic E-state index is 11.4. The van der Waals surface area contributed by atoms with Crippen molar-refractivity contribution in [1.29, 1.82) is 0 Å².